The average molecular weight is 493 g/mol. The summed E-state index contributed by atoms with van der Waals surface area (Å²) in [6.07, 6.45) is 0. The van der Waals surface area contributed by atoms with E-state index in [2.05, 4.69) is 27.6 Å². The molecule has 0 spiro atoms. The van der Waals surface area contributed by atoms with Crippen molar-refractivity contribution in [3.63, 3.8) is 0 Å². The van der Waals surface area contributed by atoms with Gasteiger partial charge in [0.1, 0.15) is 0 Å². The molecule has 0 aliphatic carbocycles. The lowest BCUT2D eigenvalue weighted by Crippen LogP contribution is -2.24. The van der Waals surface area contributed by atoms with Gasteiger partial charge in [-0.3, -0.25) is 9.36 Å². The molecule has 1 aliphatic rings. The van der Waals surface area contributed by atoms with Crippen molar-refractivity contribution in [3.8, 4) is 22.9 Å². The number of ether oxygens (including phenoxy) is 2. The lowest BCUT2D eigenvalue weighted by Gasteiger charge is -2.11. The van der Waals surface area contributed by atoms with Crippen LogP contribution in [0.15, 0.2) is 78.0 Å². The first-order valence-corrected chi connectivity index (χ1v) is 12.0. The van der Waals surface area contributed by atoms with Gasteiger partial charge >= 0.3 is 0 Å². The van der Waals surface area contributed by atoms with E-state index in [1.807, 2.05) is 65.2 Å². The number of fused-ring (bicyclic) bond motifs is 1. The van der Waals surface area contributed by atoms with Gasteiger partial charge in [0.15, 0.2) is 22.5 Å². The molecule has 0 fully saturated rings. The number of amides is 1. The Bertz CT molecular complexity index is 1300. The van der Waals surface area contributed by atoms with Gasteiger partial charge in [0.2, 0.25) is 12.7 Å². The Kier molecular flexibility index (Phi) is 6.69. The highest BCUT2D eigenvalue weighted by Gasteiger charge is 2.17. The largest absolute Gasteiger partial charge is 0.454 e. The molecule has 0 atom stereocenters. The van der Waals surface area contributed by atoms with Gasteiger partial charge in [-0.2, -0.15) is 0 Å². The second kappa shape index (κ2) is 10.2. The number of rotatable bonds is 8. The van der Waals surface area contributed by atoms with Crippen LogP contribution in [0.1, 0.15) is 11.1 Å². The molecule has 1 aromatic heterocycles. The molecule has 172 valence electrons. The van der Waals surface area contributed by atoms with E-state index < -0.39 is 0 Å². The third kappa shape index (κ3) is 5.18. The third-order valence-electron chi connectivity index (χ3n) is 5.26. The minimum atomic E-state index is -0.0926. The molecule has 2 heterocycles. The van der Waals surface area contributed by atoms with Gasteiger partial charge in [-0.1, -0.05) is 59.8 Å². The number of carbonyl (C=O) groups is 1. The first kappa shape index (κ1) is 22.3. The highest BCUT2D eigenvalue weighted by atomic mass is 35.5. The van der Waals surface area contributed by atoms with E-state index in [0.29, 0.717) is 29.0 Å². The van der Waals surface area contributed by atoms with Crippen LogP contribution in [0.4, 0.5) is 0 Å². The van der Waals surface area contributed by atoms with E-state index in [4.69, 9.17) is 21.1 Å². The molecule has 1 aliphatic heterocycles. The number of thioether (sulfide) groups is 1. The van der Waals surface area contributed by atoms with E-state index in [0.717, 1.165) is 28.3 Å². The Morgan fingerprint density at radius 3 is 2.59 bits per heavy atom. The predicted molar refractivity (Wildman–Crippen MR) is 131 cm³/mol. The van der Waals surface area contributed by atoms with Crippen LogP contribution in [0.3, 0.4) is 0 Å². The molecule has 0 saturated carbocycles. The minimum Gasteiger partial charge on any atom is -0.454 e. The van der Waals surface area contributed by atoms with E-state index in [-0.39, 0.29) is 18.5 Å². The fourth-order valence-corrected chi connectivity index (χ4v) is 4.44. The van der Waals surface area contributed by atoms with Crippen molar-refractivity contribution in [1.29, 1.82) is 0 Å². The second-order valence-corrected chi connectivity index (χ2v) is 9.02. The lowest BCUT2D eigenvalue weighted by atomic mass is 10.2. The topological polar surface area (TPSA) is 78.3 Å². The summed E-state index contributed by atoms with van der Waals surface area (Å²) in [4.78, 5) is 12.5. The smallest absolute Gasteiger partial charge is 0.231 e. The molecule has 1 amide bonds. The van der Waals surface area contributed by atoms with Crippen LogP contribution in [-0.2, 0) is 17.9 Å². The van der Waals surface area contributed by atoms with Crippen molar-refractivity contribution >= 4 is 29.3 Å². The van der Waals surface area contributed by atoms with E-state index in [1.54, 1.807) is 0 Å². The fraction of sp³-hybridized carbons (Fsp3) is 0.160. The van der Waals surface area contributed by atoms with E-state index in [9.17, 15) is 4.79 Å². The molecule has 0 bridgehead atoms. The SMILES string of the molecule is O=C(CSc1nnc(-c2ccc(Cl)cc2)n1Cc1ccccc1)NCc1ccc2c(c1)OCO2. The summed E-state index contributed by atoms with van der Waals surface area (Å²) in [5.41, 5.74) is 2.97. The molecule has 0 saturated heterocycles. The number of aromatic nitrogens is 3. The summed E-state index contributed by atoms with van der Waals surface area (Å²) >= 11 is 7.41. The fourth-order valence-electron chi connectivity index (χ4n) is 3.55. The molecule has 4 aromatic rings. The van der Waals surface area contributed by atoms with Crippen LogP contribution in [0.5, 0.6) is 11.5 Å². The number of carbonyl (C=O) groups excluding carboxylic acids is 1. The average Bonchev–Trinajstić information content (AvgIpc) is 3.49. The minimum absolute atomic E-state index is 0.0926. The summed E-state index contributed by atoms with van der Waals surface area (Å²) in [5.74, 6) is 2.27. The number of hydrogen-bond donors (Lipinski definition) is 1. The van der Waals surface area contributed by atoms with Crippen LogP contribution in [0.2, 0.25) is 5.02 Å². The molecule has 0 unspecified atom stereocenters. The van der Waals surface area contributed by atoms with Crippen molar-refractivity contribution in [3.05, 3.63) is 88.9 Å². The first-order chi connectivity index (χ1) is 16.7. The quantitative estimate of drug-likeness (QED) is 0.356. The monoisotopic (exact) mass is 492 g/mol. The number of hydrogen-bond acceptors (Lipinski definition) is 6. The maximum Gasteiger partial charge on any atom is 0.231 e. The number of nitrogens with one attached hydrogen (secondary N) is 1. The Morgan fingerprint density at radius 1 is 0.971 bits per heavy atom. The Labute approximate surface area is 206 Å². The summed E-state index contributed by atoms with van der Waals surface area (Å²) < 4.78 is 12.7. The Morgan fingerprint density at radius 2 is 1.76 bits per heavy atom. The van der Waals surface area contributed by atoms with Crippen LogP contribution < -0.4 is 14.8 Å². The maximum absolute atomic E-state index is 12.5. The summed E-state index contributed by atoms with van der Waals surface area (Å²) in [7, 11) is 0. The maximum atomic E-state index is 12.5. The van der Waals surface area contributed by atoms with Gasteiger partial charge in [0.25, 0.3) is 0 Å². The summed E-state index contributed by atoms with van der Waals surface area (Å²) in [6, 6.07) is 23.2. The second-order valence-electron chi connectivity index (χ2n) is 7.64. The van der Waals surface area contributed by atoms with Gasteiger partial charge < -0.3 is 14.8 Å². The standard InChI is InChI=1S/C25H21ClN4O3S/c26-20-9-7-19(8-10-20)24-28-29-25(30(24)14-17-4-2-1-3-5-17)34-15-23(31)27-13-18-6-11-21-22(12-18)33-16-32-21/h1-12H,13-16H2,(H,27,31). The molecule has 5 rings (SSSR count). The van der Waals surface area contributed by atoms with Gasteiger partial charge in [0.05, 0.1) is 12.3 Å². The zero-order valence-corrected chi connectivity index (χ0v) is 19.7. The van der Waals surface area contributed by atoms with Crippen LogP contribution in [0, 0.1) is 0 Å². The predicted octanol–water partition coefficient (Wildman–Crippen LogP) is 4.78. The van der Waals surface area contributed by atoms with Crippen LogP contribution in [0.25, 0.3) is 11.4 Å². The van der Waals surface area contributed by atoms with Crippen molar-refractivity contribution < 1.29 is 14.3 Å². The van der Waals surface area contributed by atoms with Crippen molar-refractivity contribution in [2.75, 3.05) is 12.5 Å². The summed E-state index contributed by atoms with van der Waals surface area (Å²) in [5, 5.41) is 13.1. The van der Waals surface area contributed by atoms with Gasteiger partial charge in [-0.05, 0) is 47.5 Å². The number of nitrogens with zero attached hydrogens (tertiary/aromatic N) is 3. The Hall–Kier alpha value is -3.49. The van der Waals surface area contributed by atoms with Crippen molar-refractivity contribution in [2.45, 2.75) is 18.2 Å². The lowest BCUT2D eigenvalue weighted by molar-refractivity contribution is -0.118. The molecular formula is C25H21ClN4O3S. The third-order valence-corrected chi connectivity index (χ3v) is 6.48. The zero-order chi connectivity index (χ0) is 23.3. The molecule has 0 radical (unpaired) electrons. The molecule has 3 aromatic carbocycles. The van der Waals surface area contributed by atoms with Gasteiger partial charge in [0, 0.05) is 17.1 Å². The first-order valence-electron chi connectivity index (χ1n) is 10.7. The molecular weight excluding hydrogens is 472 g/mol. The van der Waals surface area contributed by atoms with E-state index >= 15 is 0 Å². The number of halogens is 1. The Balaban J connectivity index is 1.27. The summed E-state index contributed by atoms with van der Waals surface area (Å²) in [6.45, 7) is 1.22. The molecule has 9 heteroatoms. The highest BCUT2D eigenvalue weighted by molar-refractivity contribution is 7.99. The van der Waals surface area contributed by atoms with Crippen LogP contribution >= 0.6 is 23.4 Å². The zero-order valence-electron chi connectivity index (χ0n) is 18.1. The molecule has 7 nitrogen and oxygen atoms in total. The normalized spacial score (nSPS) is 12.0. The van der Waals surface area contributed by atoms with Gasteiger partial charge in [-0.25, -0.2) is 0 Å². The number of benzene rings is 3. The molecule has 1 N–H and O–H groups in total. The molecule has 34 heavy (non-hydrogen) atoms. The van der Waals surface area contributed by atoms with Gasteiger partial charge in [-0.15, -0.1) is 10.2 Å². The van der Waals surface area contributed by atoms with Crippen molar-refractivity contribution in [2.24, 2.45) is 0 Å². The van der Waals surface area contributed by atoms with Crippen molar-refractivity contribution in [1.82, 2.24) is 20.1 Å². The highest BCUT2D eigenvalue weighted by Crippen LogP contribution is 2.32. The van der Waals surface area contributed by atoms with E-state index in [1.165, 1.54) is 11.8 Å². The van der Waals surface area contributed by atoms with Crippen LogP contribution in [-0.4, -0.2) is 33.2 Å².